The van der Waals surface area contributed by atoms with E-state index in [4.69, 9.17) is 9.84 Å². The van der Waals surface area contributed by atoms with Crippen molar-refractivity contribution in [3.8, 4) is 0 Å². The zero-order valence-corrected chi connectivity index (χ0v) is 11.0. The number of hydrogen-bond donors (Lipinski definition) is 5. The number of nitrogens with one attached hydrogen (secondary N) is 1. The van der Waals surface area contributed by atoms with Crippen LogP contribution in [0.4, 0.5) is 0 Å². The lowest BCUT2D eigenvalue weighted by Crippen LogP contribution is -2.64. The van der Waals surface area contributed by atoms with Crippen LogP contribution in [-0.2, 0) is 9.53 Å². The molecule has 1 saturated heterocycles. The molecular formula is C12H23NO6. The molecule has 1 rings (SSSR count). The minimum Gasteiger partial charge on any atom is -0.394 e. The van der Waals surface area contributed by atoms with Crippen LogP contribution in [0.2, 0.25) is 0 Å². The Labute approximate surface area is 112 Å². The third-order valence-corrected chi connectivity index (χ3v) is 3.24. The molecule has 1 fully saturated rings. The van der Waals surface area contributed by atoms with Crippen LogP contribution in [0.5, 0.6) is 0 Å². The van der Waals surface area contributed by atoms with Gasteiger partial charge in [-0.2, -0.15) is 0 Å². The van der Waals surface area contributed by atoms with Crippen LogP contribution in [0.1, 0.15) is 32.6 Å². The minimum absolute atomic E-state index is 0.295. The van der Waals surface area contributed by atoms with Crippen molar-refractivity contribution in [2.75, 3.05) is 6.61 Å². The smallest absolute Gasteiger partial charge is 0.220 e. The van der Waals surface area contributed by atoms with Gasteiger partial charge in [-0.05, 0) is 6.42 Å². The molecule has 7 heteroatoms. The molecule has 0 aromatic carbocycles. The van der Waals surface area contributed by atoms with Gasteiger partial charge in [-0.15, -0.1) is 0 Å². The fraction of sp³-hybridized carbons (Fsp3) is 0.917. The van der Waals surface area contributed by atoms with Crippen molar-refractivity contribution in [1.29, 1.82) is 0 Å². The normalized spacial score (nSPS) is 35.1. The van der Waals surface area contributed by atoms with Crippen molar-refractivity contribution >= 4 is 5.91 Å². The Morgan fingerprint density at radius 2 is 1.89 bits per heavy atom. The monoisotopic (exact) mass is 277 g/mol. The van der Waals surface area contributed by atoms with Crippen LogP contribution in [0.3, 0.4) is 0 Å². The van der Waals surface area contributed by atoms with Crippen molar-refractivity contribution in [2.24, 2.45) is 0 Å². The first-order valence-corrected chi connectivity index (χ1v) is 6.61. The second-order valence-electron chi connectivity index (χ2n) is 4.78. The molecule has 1 heterocycles. The molecule has 5 N–H and O–H groups in total. The van der Waals surface area contributed by atoms with Crippen LogP contribution in [0.25, 0.3) is 0 Å². The molecule has 1 aliphatic heterocycles. The Balaban J connectivity index is 2.50. The van der Waals surface area contributed by atoms with Gasteiger partial charge < -0.3 is 30.5 Å². The zero-order chi connectivity index (χ0) is 14.4. The van der Waals surface area contributed by atoms with Crippen LogP contribution in [-0.4, -0.2) is 63.6 Å². The molecule has 0 radical (unpaired) electrons. The van der Waals surface area contributed by atoms with Gasteiger partial charge in [0.05, 0.1) is 6.61 Å². The number of carbonyl (C=O) groups is 1. The van der Waals surface area contributed by atoms with E-state index in [1.807, 2.05) is 6.92 Å². The minimum atomic E-state index is -1.45. The molecule has 7 nitrogen and oxygen atoms in total. The van der Waals surface area contributed by atoms with E-state index >= 15 is 0 Å². The Hall–Kier alpha value is -0.730. The number of carbonyl (C=O) groups excluding carboxylic acids is 1. The highest BCUT2D eigenvalue weighted by Crippen LogP contribution is 2.19. The third-order valence-electron chi connectivity index (χ3n) is 3.24. The summed E-state index contributed by atoms with van der Waals surface area (Å²) in [6.45, 7) is 1.50. The van der Waals surface area contributed by atoms with E-state index in [0.717, 1.165) is 19.3 Å². The van der Waals surface area contributed by atoms with Crippen LogP contribution >= 0.6 is 0 Å². The number of aliphatic hydroxyl groups excluding tert-OH is 4. The topological polar surface area (TPSA) is 119 Å². The lowest BCUT2D eigenvalue weighted by atomic mass is 9.97. The van der Waals surface area contributed by atoms with Crippen LogP contribution < -0.4 is 5.32 Å². The standard InChI is InChI=1S/C12H23NO6/c1-2-3-4-5-8(15)13-9-11(17)10(16)7(6-14)19-12(9)18/h7,9-12,14,16-18H,2-6H2,1H3,(H,13,15)/t7-,9-,10+,11-,12-/m0/s1. The molecule has 0 saturated carbocycles. The maximum absolute atomic E-state index is 11.6. The molecule has 1 aliphatic rings. The second kappa shape index (κ2) is 7.76. The molecule has 19 heavy (non-hydrogen) atoms. The van der Waals surface area contributed by atoms with Crippen molar-refractivity contribution in [3.63, 3.8) is 0 Å². The molecule has 0 unspecified atom stereocenters. The Bertz CT molecular complexity index is 287. The summed E-state index contributed by atoms with van der Waals surface area (Å²) >= 11 is 0. The van der Waals surface area contributed by atoms with Gasteiger partial charge in [-0.3, -0.25) is 4.79 Å². The number of aliphatic hydroxyl groups is 4. The lowest BCUT2D eigenvalue weighted by Gasteiger charge is -2.40. The molecule has 0 bridgehead atoms. The van der Waals surface area contributed by atoms with Gasteiger partial charge in [-0.25, -0.2) is 0 Å². The van der Waals surface area contributed by atoms with E-state index < -0.39 is 37.3 Å². The van der Waals surface area contributed by atoms with Gasteiger partial charge in [0, 0.05) is 6.42 Å². The summed E-state index contributed by atoms with van der Waals surface area (Å²) in [5.74, 6) is -0.310. The summed E-state index contributed by atoms with van der Waals surface area (Å²) in [6.07, 6.45) is -2.31. The predicted octanol–water partition coefficient (Wildman–Crippen LogP) is -1.52. The maximum atomic E-state index is 11.6. The molecular weight excluding hydrogens is 254 g/mol. The van der Waals surface area contributed by atoms with E-state index in [9.17, 15) is 20.1 Å². The lowest BCUT2D eigenvalue weighted by molar-refractivity contribution is -0.253. The molecule has 0 aromatic rings. The average molecular weight is 277 g/mol. The Kier molecular flexibility index (Phi) is 6.67. The summed E-state index contributed by atoms with van der Waals surface area (Å²) in [6, 6.07) is -1.09. The van der Waals surface area contributed by atoms with E-state index in [1.165, 1.54) is 0 Å². The quantitative estimate of drug-likeness (QED) is 0.376. The zero-order valence-electron chi connectivity index (χ0n) is 11.0. The summed E-state index contributed by atoms with van der Waals surface area (Å²) in [5.41, 5.74) is 0. The average Bonchev–Trinajstić information content (AvgIpc) is 2.39. The van der Waals surface area contributed by atoms with E-state index in [0.29, 0.717) is 6.42 Å². The fourth-order valence-electron chi connectivity index (χ4n) is 2.05. The number of unbranched alkanes of at least 4 members (excludes halogenated alkanes) is 2. The van der Waals surface area contributed by atoms with Gasteiger partial charge in [0.25, 0.3) is 0 Å². The largest absolute Gasteiger partial charge is 0.394 e. The molecule has 0 spiro atoms. The van der Waals surface area contributed by atoms with Crippen molar-refractivity contribution < 1.29 is 30.0 Å². The first kappa shape index (κ1) is 16.3. The van der Waals surface area contributed by atoms with Gasteiger partial charge in [0.15, 0.2) is 6.29 Å². The predicted molar refractivity (Wildman–Crippen MR) is 66.1 cm³/mol. The van der Waals surface area contributed by atoms with Gasteiger partial charge in [0.1, 0.15) is 24.4 Å². The SMILES string of the molecule is CCCCCC(=O)N[C@H]1[C@H](O)[C@H](O)[C@H](CO)O[C@@H]1O. The second-order valence-corrected chi connectivity index (χ2v) is 4.78. The highest BCUT2D eigenvalue weighted by atomic mass is 16.6. The maximum Gasteiger partial charge on any atom is 0.220 e. The summed E-state index contributed by atoms with van der Waals surface area (Å²) < 4.78 is 4.94. The van der Waals surface area contributed by atoms with Crippen LogP contribution in [0.15, 0.2) is 0 Å². The number of amides is 1. The van der Waals surface area contributed by atoms with Crippen molar-refractivity contribution in [2.45, 2.75) is 63.3 Å². The highest BCUT2D eigenvalue weighted by Gasteiger charge is 2.44. The molecule has 0 aliphatic carbocycles. The molecule has 0 aromatic heterocycles. The van der Waals surface area contributed by atoms with Crippen molar-refractivity contribution in [1.82, 2.24) is 5.32 Å². The van der Waals surface area contributed by atoms with Gasteiger partial charge in [0.2, 0.25) is 5.91 Å². The van der Waals surface area contributed by atoms with E-state index in [-0.39, 0.29) is 5.91 Å². The third kappa shape index (κ3) is 4.39. The molecule has 112 valence electrons. The first-order valence-electron chi connectivity index (χ1n) is 6.61. The first-order chi connectivity index (χ1) is 9.01. The summed E-state index contributed by atoms with van der Waals surface area (Å²) in [7, 11) is 0. The van der Waals surface area contributed by atoms with Gasteiger partial charge in [-0.1, -0.05) is 19.8 Å². The van der Waals surface area contributed by atoms with E-state index in [1.54, 1.807) is 0 Å². The number of rotatable bonds is 6. The Morgan fingerprint density at radius 3 is 2.47 bits per heavy atom. The van der Waals surface area contributed by atoms with Gasteiger partial charge >= 0.3 is 0 Å². The Morgan fingerprint density at radius 1 is 1.21 bits per heavy atom. The molecule has 1 amide bonds. The summed E-state index contributed by atoms with van der Waals surface area (Å²) in [4.78, 5) is 11.6. The van der Waals surface area contributed by atoms with Crippen LogP contribution in [0, 0.1) is 0 Å². The number of hydrogen-bond acceptors (Lipinski definition) is 6. The fourth-order valence-corrected chi connectivity index (χ4v) is 2.05. The molecule has 5 atom stereocenters. The van der Waals surface area contributed by atoms with E-state index in [2.05, 4.69) is 5.32 Å². The van der Waals surface area contributed by atoms with Crippen molar-refractivity contribution in [3.05, 3.63) is 0 Å². The highest BCUT2D eigenvalue weighted by molar-refractivity contribution is 5.76. The summed E-state index contributed by atoms with van der Waals surface area (Å²) in [5, 5.41) is 40.5. The number of ether oxygens (including phenoxy) is 1.